The minimum Gasteiger partial charge on any atom is -0.308 e. The highest BCUT2D eigenvalue weighted by atomic mass is 79.9. The number of carbonyl (C=O) groups is 1. The number of benzene rings is 5. The van der Waals surface area contributed by atoms with Crippen LogP contribution >= 0.6 is 15.9 Å². The van der Waals surface area contributed by atoms with Crippen LogP contribution in [0.3, 0.4) is 0 Å². The van der Waals surface area contributed by atoms with Gasteiger partial charge >= 0.3 is 0 Å². The average Bonchev–Trinajstić information content (AvgIpc) is 3.41. The van der Waals surface area contributed by atoms with Gasteiger partial charge in [0.05, 0.1) is 22.5 Å². The SMILES string of the molecule is O=C(c1ccc(Br)cc1)c1c(-c2ccccc2)c(-c2ccccc2)n2c(-c3ccccc3)cc(-c3ccccc3)cc12. The molecule has 0 saturated carbocycles. The molecule has 3 heteroatoms. The molecular weight excluding hydrogens is 578 g/mol. The predicted octanol–water partition coefficient (Wildman–Crippen LogP) is 10.6. The van der Waals surface area contributed by atoms with Crippen LogP contribution in [0.15, 0.2) is 162 Å². The Morgan fingerprint density at radius 3 is 1.57 bits per heavy atom. The van der Waals surface area contributed by atoms with E-state index in [1.165, 1.54) is 0 Å². The van der Waals surface area contributed by atoms with Crippen molar-refractivity contribution in [2.45, 2.75) is 0 Å². The highest BCUT2D eigenvalue weighted by Crippen LogP contribution is 2.44. The van der Waals surface area contributed by atoms with Gasteiger partial charge in [-0.25, -0.2) is 0 Å². The smallest absolute Gasteiger partial charge is 0.195 e. The zero-order valence-corrected chi connectivity index (χ0v) is 24.3. The second-order valence-corrected chi connectivity index (χ2v) is 11.2. The second-order valence-electron chi connectivity index (χ2n) is 10.2. The number of rotatable bonds is 6. The van der Waals surface area contributed by atoms with E-state index in [1.807, 2.05) is 60.7 Å². The van der Waals surface area contributed by atoms with E-state index in [4.69, 9.17) is 0 Å². The first kappa shape index (κ1) is 25.9. The maximum absolute atomic E-state index is 14.7. The van der Waals surface area contributed by atoms with Gasteiger partial charge < -0.3 is 4.40 Å². The largest absolute Gasteiger partial charge is 0.308 e. The number of nitrogens with zero attached hydrogens (tertiary/aromatic N) is 1. The molecule has 0 N–H and O–H groups in total. The summed E-state index contributed by atoms with van der Waals surface area (Å²) in [5.74, 6) is -0.00902. The zero-order valence-electron chi connectivity index (χ0n) is 22.7. The number of hydrogen-bond acceptors (Lipinski definition) is 1. The first-order valence-electron chi connectivity index (χ1n) is 13.9. The first-order valence-corrected chi connectivity index (χ1v) is 14.7. The van der Waals surface area contributed by atoms with Crippen LogP contribution in [0.25, 0.3) is 50.3 Å². The fourth-order valence-electron chi connectivity index (χ4n) is 5.73. The van der Waals surface area contributed by atoms with E-state index in [0.29, 0.717) is 11.1 Å². The fourth-order valence-corrected chi connectivity index (χ4v) is 5.99. The lowest BCUT2D eigenvalue weighted by Crippen LogP contribution is -2.03. The van der Waals surface area contributed by atoms with Crippen molar-refractivity contribution in [3.8, 4) is 44.8 Å². The van der Waals surface area contributed by atoms with E-state index in [-0.39, 0.29) is 5.78 Å². The van der Waals surface area contributed by atoms with Gasteiger partial charge in [-0.1, -0.05) is 137 Å². The molecule has 42 heavy (non-hydrogen) atoms. The molecule has 0 aliphatic heterocycles. The highest BCUT2D eigenvalue weighted by molar-refractivity contribution is 9.10. The van der Waals surface area contributed by atoms with Crippen LogP contribution in [0.5, 0.6) is 0 Å². The molecule has 0 atom stereocenters. The molecule has 0 spiro atoms. The molecule has 0 fully saturated rings. The van der Waals surface area contributed by atoms with Crippen molar-refractivity contribution in [2.75, 3.05) is 0 Å². The molecule has 2 heterocycles. The maximum Gasteiger partial charge on any atom is 0.195 e. The van der Waals surface area contributed by atoms with Crippen LogP contribution < -0.4 is 0 Å². The minimum absolute atomic E-state index is 0.00902. The molecule has 7 aromatic rings. The van der Waals surface area contributed by atoms with Crippen molar-refractivity contribution in [2.24, 2.45) is 0 Å². The molecule has 0 amide bonds. The summed E-state index contributed by atoms with van der Waals surface area (Å²) in [6.07, 6.45) is 0. The van der Waals surface area contributed by atoms with E-state index >= 15 is 0 Å². The number of pyridine rings is 1. The topological polar surface area (TPSA) is 21.5 Å². The molecule has 0 aliphatic rings. The lowest BCUT2D eigenvalue weighted by Gasteiger charge is -2.15. The lowest BCUT2D eigenvalue weighted by atomic mass is 9.92. The highest BCUT2D eigenvalue weighted by Gasteiger charge is 2.28. The number of hydrogen-bond donors (Lipinski definition) is 0. The van der Waals surface area contributed by atoms with Crippen molar-refractivity contribution in [3.05, 3.63) is 173 Å². The van der Waals surface area contributed by atoms with Gasteiger partial charge in [-0.15, -0.1) is 0 Å². The Bertz CT molecular complexity index is 2010. The van der Waals surface area contributed by atoms with Crippen LogP contribution in [-0.2, 0) is 0 Å². The molecule has 0 radical (unpaired) electrons. The third-order valence-electron chi connectivity index (χ3n) is 7.65. The Kier molecular flexibility index (Phi) is 6.87. The molecule has 0 aliphatic carbocycles. The monoisotopic (exact) mass is 603 g/mol. The Balaban J connectivity index is 1.69. The fraction of sp³-hybridized carbons (Fsp3) is 0. The molecular formula is C39H26BrNO. The average molecular weight is 605 g/mol. The van der Waals surface area contributed by atoms with Gasteiger partial charge in [0.25, 0.3) is 0 Å². The van der Waals surface area contributed by atoms with Gasteiger partial charge in [-0.3, -0.25) is 4.79 Å². The second kappa shape index (κ2) is 11.1. The molecule has 200 valence electrons. The third kappa shape index (κ3) is 4.68. The number of ketones is 1. The quantitative estimate of drug-likeness (QED) is 0.173. The van der Waals surface area contributed by atoms with Gasteiger partial charge in [0.2, 0.25) is 0 Å². The van der Waals surface area contributed by atoms with Gasteiger partial charge in [-0.2, -0.15) is 0 Å². The van der Waals surface area contributed by atoms with E-state index < -0.39 is 0 Å². The van der Waals surface area contributed by atoms with E-state index in [0.717, 1.165) is 54.8 Å². The summed E-state index contributed by atoms with van der Waals surface area (Å²) in [5, 5.41) is 0. The number of fused-ring (bicyclic) bond motifs is 1. The van der Waals surface area contributed by atoms with Crippen LogP contribution in [0.2, 0.25) is 0 Å². The van der Waals surface area contributed by atoms with Crippen LogP contribution in [0.1, 0.15) is 15.9 Å². The van der Waals surface area contributed by atoms with Crippen molar-refractivity contribution < 1.29 is 4.79 Å². The molecule has 0 bridgehead atoms. The Hall–Kier alpha value is -4.99. The van der Waals surface area contributed by atoms with Crippen molar-refractivity contribution in [3.63, 3.8) is 0 Å². The van der Waals surface area contributed by atoms with E-state index in [9.17, 15) is 4.79 Å². The standard InChI is InChI=1S/C39H26BrNO/c40-33-23-21-31(22-24-33)39(42)37-35-26-32(27-13-5-1-6-14-27)25-34(28-15-7-2-8-16-28)41(35)38(30-19-11-4-12-20-30)36(37)29-17-9-3-10-18-29/h1-26H. The van der Waals surface area contributed by atoms with Gasteiger partial charge in [0.1, 0.15) is 0 Å². The van der Waals surface area contributed by atoms with Crippen molar-refractivity contribution >= 4 is 27.2 Å². The van der Waals surface area contributed by atoms with Crippen LogP contribution in [0.4, 0.5) is 0 Å². The summed E-state index contributed by atoms with van der Waals surface area (Å²) in [5.41, 5.74) is 10.4. The first-order chi connectivity index (χ1) is 20.7. The van der Waals surface area contributed by atoms with E-state index in [1.54, 1.807) is 0 Å². The molecule has 2 aromatic heterocycles. The Labute approximate surface area is 253 Å². The van der Waals surface area contributed by atoms with Crippen molar-refractivity contribution in [1.29, 1.82) is 0 Å². The van der Waals surface area contributed by atoms with Gasteiger partial charge in [-0.05, 0) is 64.2 Å². The predicted molar refractivity (Wildman–Crippen MR) is 177 cm³/mol. The van der Waals surface area contributed by atoms with E-state index in [2.05, 4.69) is 117 Å². The number of halogens is 1. The normalized spacial score (nSPS) is 11.1. The number of carbonyl (C=O) groups excluding carboxylic acids is 1. The van der Waals surface area contributed by atoms with Crippen molar-refractivity contribution in [1.82, 2.24) is 4.40 Å². The summed E-state index contributed by atoms with van der Waals surface area (Å²) in [4.78, 5) is 14.7. The van der Waals surface area contributed by atoms with Crippen LogP contribution in [-0.4, -0.2) is 10.2 Å². The molecule has 7 rings (SSSR count). The molecule has 2 nitrogen and oxygen atoms in total. The summed E-state index contributed by atoms with van der Waals surface area (Å²) >= 11 is 3.53. The summed E-state index contributed by atoms with van der Waals surface area (Å²) in [6.45, 7) is 0. The molecule has 0 unspecified atom stereocenters. The third-order valence-corrected chi connectivity index (χ3v) is 8.18. The lowest BCUT2D eigenvalue weighted by molar-refractivity contribution is 0.104. The zero-order chi connectivity index (χ0) is 28.5. The Morgan fingerprint density at radius 2 is 1.00 bits per heavy atom. The number of aromatic nitrogens is 1. The van der Waals surface area contributed by atoms with Gasteiger partial charge in [0, 0.05) is 15.6 Å². The minimum atomic E-state index is -0.00902. The van der Waals surface area contributed by atoms with Gasteiger partial charge in [0.15, 0.2) is 5.78 Å². The van der Waals surface area contributed by atoms with Crippen LogP contribution in [0, 0.1) is 0 Å². The maximum atomic E-state index is 14.7. The summed E-state index contributed by atoms with van der Waals surface area (Å²) < 4.78 is 3.22. The molecule has 0 saturated heterocycles. The summed E-state index contributed by atoms with van der Waals surface area (Å²) in [6, 6.07) is 53.5. The molecule has 5 aromatic carbocycles. The Morgan fingerprint density at radius 1 is 0.500 bits per heavy atom. The summed E-state index contributed by atoms with van der Waals surface area (Å²) in [7, 11) is 0.